The quantitative estimate of drug-likeness (QED) is 0.908. The molecule has 3 nitrogen and oxygen atoms in total. The predicted octanol–water partition coefficient (Wildman–Crippen LogP) is 4.07. The van der Waals surface area contributed by atoms with Crippen LogP contribution < -0.4 is 10.6 Å². The van der Waals surface area contributed by atoms with E-state index in [0.29, 0.717) is 0 Å². The van der Waals surface area contributed by atoms with Gasteiger partial charge >= 0.3 is 6.18 Å². The summed E-state index contributed by atoms with van der Waals surface area (Å²) < 4.78 is 38.3. The van der Waals surface area contributed by atoms with Gasteiger partial charge in [-0.25, -0.2) is 4.98 Å². The highest BCUT2D eigenvalue weighted by Crippen LogP contribution is 2.35. The Kier molecular flexibility index (Phi) is 3.80. The standard InChI is InChI=1S/C15H16F3N3/c1-9-4-10(2)6-11(5-9)21(3)13-7-14(15(16,17)18)20-8-12(13)19/h4-8H,19H2,1-3H3. The van der Waals surface area contributed by atoms with E-state index in [1.54, 1.807) is 11.9 Å². The zero-order valence-electron chi connectivity index (χ0n) is 12.0. The first-order valence-electron chi connectivity index (χ1n) is 6.33. The van der Waals surface area contributed by atoms with Gasteiger partial charge in [0.15, 0.2) is 0 Å². The maximum Gasteiger partial charge on any atom is 0.433 e. The Labute approximate surface area is 121 Å². The van der Waals surface area contributed by atoms with Crippen molar-refractivity contribution in [3.8, 4) is 0 Å². The average Bonchev–Trinajstić information content (AvgIpc) is 2.36. The molecule has 0 unspecified atom stereocenters. The first kappa shape index (κ1) is 15.2. The van der Waals surface area contributed by atoms with Crippen LogP contribution in [0.4, 0.5) is 30.2 Å². The van der Waals surface area contributed by atoms with Crippen molar-refractivity contribution in [2.75, 3.05) is 17.7 Å². The number of aryl methyl sites for hydroxylation is 2. The third kappa shape index (κ3) is 3.26. The van der Waals surface area contributed by atoms with E-state index in [0.717, 1.165) is 29.1 Å². The number of pyridine rings is 1. The number of nitrogens with zero attached hydrogens (tertiary/aromatic N) is 2. The predicted molar refractivity (Wildman–Crippen MR) is 77.6 cm³/mol. The second kappa shape index (κ2) is 5.27. The van der Waals surface area contributed by atoms with Crippen LogP contribution in [0.2, 0.25) is 0 Å². The van der Waals surface area contributed by atoms with Crippen LogP contribution in [0.25, 0.3) is 0 Å². The molecule has 0 aliphatic carbocycles. The lowest BCUT2D eigenvalue weighted by Gasteiger charge is -2.23. The number of benzene rings is 1. The number of alkyl halides is 3. The van der Waals surface area contributed by atoms with Crippen LogP contribution in [0.3, 0.4) is 0 Å². The summed E-state index contributed by atoms with van der Waals surface area (Å²) in [6.07, 6.45) is -3.46. The average molecular weight is 295 g/mol. The molecule has 6 heteroatoms. The summed E-state index contributed by atoms with van der Waals surface area (Å²) in [5.74, 6) is 0. The van der Waals surface area contributed by atoms with Crippen molar-refractivity contribution < 1.29 is 13.2 Å². The van der Waals surface area contributed by atoms with E-state index >= 15 is 0 Å². The van der Waals surface area contributed by atoms with Crippen molar-refractivity contribution in [2.45, 2.75) is 20.0 Å². The molecule has 0 saturated heterocycles. The summed E-state index contributed by atoms with van der Waals surface area (Å²) >= 11 is 0. The molecule has 2 N–H and O–H groups in total. The van der Waals surface area contributed by atoms with Crippen molar-refractivity contribution in [3.05, 3.63) is 47.3 Å². The lowest BCUT2D eigenvalue weighted by Crippen LogP contribution is -2.15. The Bertz CT molecular complexity index is 645. The molecule has 0 radical (unpaired) electrons. The second-order valence-electron chi connectivity index (χ2n) is 5.03. The van der Waals surface area contributed by atoms with Crippen LogP contribution in [-0.4, -0.2) is 12.0 Å². The van der Waals surface area contributed by atoms with Gasteiger partial charge < -0.3 is 10.6 Å². The lowest BCUT2D eigenvalue weighted by atomic mass is 10.1. The smallest absolute Gasteiger partial charge is 0.396 e. The molecule has 1 aromatic heterocycles. The maximum atomic E-state index is 12.8. The molecule has 112 valence electrons. The van der Waals surface area contributed by atoms with E-state index in [1.807, 2.05) is 32.0 Å². The van der Waals surface area contributed by atoms with E-state index in [2.05, 4.69) is 4.98 Å². The van der Waals surface area contributed by atoms with Crippen LogP contribution >= 0.6 is 0 Å². The molecule has 0 bridgehead atoms. The summed E-state index contributed by atoms with van der Waals surface area (Å²) in [7, 11) is 1.68. The maximum absolute atomic E-state index is 12.8. The molecule has 0 fully saturated rings. The van der Waals surface area contributed by atoms with Crippen molar-refractivity contribution in [2.24, 2.45) is 0 Å². The Balaban J connectivity index is 2.49. The van der Waals surface area contributed by atoms with Gasteiger partial charge in [0, 0.05) is 12.7 Å². The highest BCUT2D eigenvalue weighted by molar-refractivity contribution is 5.74. The summed E-state index contributed by atoms with van der Waals surface area (Å²) in [5, 5.41) is 0. The van der Waals surface area contributed by atoms with E-state index < -0.39 is 11.9 Å². The molecule has 1 heterocycles. The minimum absolute atomic E-state index is 0.199. The third-order valence-electron chi connectivity index (χ3n) is 3.16. The van der Waals surface area contributed by atoms with Crippen LogP contribution in [0.15, 0.2) is 30.5 Å². The third-order valence-corrected chi connectivity index (χ3v) is 3.16. The van der Waals surface area contributed by atoms with Crippen molar-refractivity contribution in [1.82, 2.24) is 4.98 Å². The highest BCUT2D eigenvalue weighted by atomic mass is 19.4. The summed E-state index contributed by atoms with van der Waals surface area (Å²) in [5.41, 5.74) is 8.13. The normalized spacial score (nSPS) is 11.5. The molecule has 0 aliphatic rings. The minimum atomic E-state index is -4.49. The summed E-state index contributed by atoms with van der Waals surface area (Å²) in [4.78, 5) is 4.98. The first-order chi connectivity index (χ1) is 9.68. The van der Waals surface area contributed by atoms with Crippen molar-refractivity contribution >= 4 is 17.1 Å². The van der Waals surface area contributed by atoms with Gasteiger partial charge in [0.25, 0.3) is 0 Å². The van der Waals surface area contributed by atoms with Gasteiger partial charge in [0.05, 0.1) is 17.6 Å². The van der Waals surface area contributed by atoms with Gasteiger partial charge in [-0.3, -0.25) is 0 Å². The van der Waals surface area contributed by atoms with Crippen LogP contribution in [0, 0.1) is 13.8 Å². The largest absolute Gasteiger partial charge is 0.433 e. The topological polar surface area (TPSA) is 42.2 Å². The monoisotopic (exact) mass is 295 g/mol. The van der Waals surface area contributed by atoms with Gasteiger partial charge in [-0.05, 0) is 43.2 Å². The zero-order chi connectivity index (χ0) is 15.8. The minimum Gasteiger partial charge on any atom is -0.396 e. The SMILES string of the molecule is Cc1cc(C)cc(N(C)c2cc(C(F)(F)F)ncc2N)c1. The summed E-state index contributed by atoms with van der Waals surface area (Å²) in [6, 6.07) is 6.74. The molecule has 0 spiro atoms. The molecule has 2 rings (SSSR count). The number of anilines is 3. The number of hydrogen-bond acceptors (Lipinski definition) is 3. The van der Waals surface area contributed by atoms with Crippen LogP contribution in [-0.2, 0) is 6.18 Å². The Morgan fingerprint density at radius 2 is 1.62 bits per heavy atom. The Morgan fingerprint density at radius 3 is 2.14 bits per heavy atom. The van der Waals surface area contributed by atoms with Gasteiger partial charge in [0.2, 0.25) is 0 Å². The van der Waals surface area contributed by atoms with Gasteiger partial charge in [-0.1, -0.05) is 6.07 Å². The molecule has 0 amide bonds. The number of aromatic nitrogens is 1. The molecule has 2 aromatic rings. The molecule has 0 atom stereocenters. The molecular formula is C15H16F3N3. The van der Waals surface area contributed by atoms with Gasteiger partial charge in [0.1, 0.15) is 5.69 Å². The number of hydrogen-bond donors (Lipinski definition) is 1. The van der Waals surface area contributed by atoms with Crippen LogP contribution in [0.5, 0.6) is 0 Å². The Morgan fingerprint density at radius 1 is 1.05 bits per heavy atom. The van der Waals surface area contributed by atoms with E-state index in [1.165, 1.54) is 0 Å². The number of nitrogens with two attached hydrogens (primary N) is 1. The molecular weight excluding hydrogens is 279 g/mol. The number of halogens is 3. The fourth-order valence-electron chi connectivity index (χ4n) is 2.18. The zero-order valence-corrected chi connectivity index (χ0v) is 12.0. The highest BCUT2D eigenvalue weighted by Gasteiger charge is 2.33. The van der Waals surface area contributed by atoms with E-state index in [4.69, 9.17) is 5.73 Å². The molecule has 1 aromatic carbocycles. The van der Waals surface area contributed by atoms with Crippen molar-refractivity contribution in [3.63, 3.8) is 0 Å². The van der Waals surface area contributed by atoms with E-state index in [-0.39, 0.29) is 11.4 Å². The Hall–Kier alpha value is -2.24. The first-order valence-corrected chi connectivity index (χ1v) is 6.33. The fourth-order valence-corrected chi connectivity index (χ4v) is 2.18. The van der Waals surface area contributed by atoms with Gasteiger partial charge in [-0.15, -0.1) is 0 Å². The summed E-state index contributed by atoms with van der Waals surface area (Å²) in [6.45, 7) is 3.86. The fraction of sp³-hybridized carbons (Fsp3) is 0.267. The number of nitrogen functional groups attached to an aromatic ring is 1. The molecule has 0 saturated carbocycles. The lowest BCUT2D eigenvalue weighted by molar-refractivity contribution is -0.141. The molecule has 21 heavy (non-hydrogen) atoms. The number of rotatable bonds is 2. The van der Waals surface area contributed by atoms with E-state index in [9.17, 15) is 13.2 Å². The second-order valence-corrected chi connectivity index (χ2v) is 5.03. The van der Waals surface area contributed by atoms with Crippen LogP contribution in [0.1, 0.15) is 16.8 Å². The van der Waals surface area contributed by atoms with Crippen molar-refractivity contribution in [1.29, 1.82) is 0 Å². The molecule has 0 aliphatic heterocycles. The van der Waals surface area contributed by atoms with Gasteiger partial charge in [-0.2, -0.15) is 13.2 Å².